The number of morpholine rings is 1. The monoisotopic (exact) mass is 283 g/mol. The van der Waals surface area contributed by atoms with Crippen molar-refractivity contribution in [3.05, 3.63) is 0 Å². The molecule has 116 valence electrons. The first-order valence-electron chi connectivity index (χ1n) is 8.02. The van der Waals surface area contributed by atoms with Crippen LogP contribution in [-0.2, 0) is 9.53 Å². The summed E-state index contributed by atoms with van der Waals surface area (Å²) in [6.07, 6.45) is 4.05. The van der Waals surface area contributed by atoms with Gasteiger partial charge in [-0.1, -0.05) is 13.3 Å². The zero-order valence-corrected chi connectivity index (χ0v) is 12.9. The van der Waals surface area contributed by atoms with Gasteiger partial charge >= 0.3 is 0 Å². The van der Waals surface area contributed by atoms with Crippen molar-refractivity contribution < 1.29 is 9.53 Å². The largest absolute Gasteiger partial charge is 0.379 e. The molecule has 0 aromatic rings. The number of hydrogen-bond acceptors (Lipinski definition) is 4. The molecule has 0 aromatic heterocycles. The SMILES string of the molecule is CCCC1(C(=O)NC(C)CN2CCOCC2)CCCN1. The minimum Gasteiger partial charge on any atom is -0.379 e. The molecule has 5 nitrogen and oxygen atoms in total. The summed E-state index contributed by atoms with van der Waals surface area (Å²) >= 11 is 0. The second-order valence-corrected chi connectivity index (χ2v) is 6.15. The smallest absolute Gasteiger partial charge is 0.240 e. The lowest BCUT2D eigenvalue weighted by Gasteiger charge is -2.33. The first-order chi connectivity index (χ1) is 9.66. The molecule has 2 atom stereocenters. The number of carbonyl (C=O) groups excluding carboxylic acids is 1. The molecule has 2 aliphatic heterocycles. The van der Waals surface area contributed by atoms with Crippen molar-refractivity contribution in [2.75, 3.05) is 39.4 Å². The van der Waals surface area contributed by atoms with Gasteiger partial charge in [0, 0.05) is 25.7 Å². The zero-order chi connectivity index (χ0) is 14.4. The third-order valence-electron chi connectivity index (χ3n) is 4.37. The van der Waals surface area contributed by atoms with E-state index < -0.39 is 0 Å². The quantitative estimate of drug-likeness (QED) is 0.755. The Morgan fingerprint density at radius 1 is 1.45 bits per heavy atom. The van der Waals surface area contributed by atoms with Crippen LogP contribution in [0.25, 0.3) is 0 Å². The zero-order valence-electron chi connectivity index (χ0n) is 12.9. The van der Waals surface area contributed by atoms with E-state index in [1.54, 1.807) is 0 Å². The summed E-state index contributed by atoms with van der Waals surface area (Å²) in [4.78, 5) is 15.0. The van der Waals surface area contributed by atoms with E-state index in [4.69, 9.17) is 4.74 Å². The number of rotatable bonds is 6. The molecule has 2 aliphatic rings. The third kappa shape index (κ3) is 3.93. The normalized spacial score (nSPS) is 29.3. The lowest BCUT2D eigenvalue weighted by atomic mass is 9.90. The van der Waals surface area contributed by atoms with E-state index in [9.17, 15) is 4.79 Å². The Labute approximate surface area is 122 Å². The molecule has 2 heterocycles. The van der Waals surface area contributed by atoms with Gasteiger partial charge in [-0.3, -0.25) is 9.69 Å². The first kappa shape index (κ1) is 15.7. The molecular weight excluding hydrogens is 254 g/mol. The van der Waals surface area contributed by atoms with Crippen LogP contribution in [0.1, 0.15) is 39.5 Å². The maximum Gasteiger partial charge on any atom is 0.240 e. The molecule has 0 spiro atoms. The fourth-order valence-electron chi connectivity index (χ4n) is 3.33. The summed E-state index contributed by atoms with van der Waals surface area (Å²) in [6.45, 7) is 9.68. The van der Waals surface area contributed by atoms with E-state index >= 15 is 0 Å². The van der Waals surface area contributed by atoms with Crippen LogP contribution in [0, 0.1) is 0 Å². The summed E-state index contributed by atoms with van der Waals surface area (Å²) in [7, 11) is 0. The highest BCUT2D eigenvalue weighted by molar-refractivity contribution is 5.86. The Balaban J connectivity index is 1.82. The van der Waals surface area contributed by atoms with Gasteiger partial charge in [0.15, 0.2) is 0 Å². The van der Waals surface area contributed by atoms with Gasteiger partial charge in [0.2, 0.25) is 5.91 Å². The van der Waals surface area contributed by atoms with Gasteiger partial charge in [-0.2, -0.15) is 0 Å². The Morgan fingerprint density at radius 2 is 2.20 bits per heavy atom. The Kier molecular flexibility index (Phi) is 5.81. The molecule has 5 heteroatoms. The van der Waals surface area contributed by atoms with Crippen molar-refractivity contribution in [3.8, 4) is 0 Å². The molecular formula is C15H29N3O2. The van der Waals surface area contributed by atoms with Crippen LogP contribution >= 0.6 is 0 Å². The number of carbonyl (C=O) groups is 1. The first-order valence-corrected chi connectivity index (χ1v) is 8.02. The predicted octanol–water partition coefficient (Wildman–Crippen LogP) is 0.746. The molecule has 2 N–H and O–H groups in total. The summed E-state index contributed by atoms with van der Waals surface area (Å²) in [6, 6.07) is 0.191. The van der Waals surface area contributed by atoms with Crippen LogP contribution in [0.15, 0.2) is 0 Å². The molecule has 0 radical (unpaired) electrons. The number of nitrogens with one attached hydrogen (secondary N) is 2. The number of amides is 1. The van der Waals surface area contributed by atoms with Gasteiger partial charge in [0.05, 0.1) is 18.8 Å². The van der Waals surface area contributed by atoms with Gasteiger partial charge in [0.25, 0.3) is 0 Å². The van der Waals surface area contributed by atoms with E-state index in [1.807, 2.05) is 0 Å². The summed E-state index contributed by atoms with van der Waals surface area (Å²) in [5, 5.41) is 6.64. The maximum atomic E-state index is 12.6. The van der Waals surface area contributed by atoms with Crippen molar-refractivity contribution in [1.29, 1.82) is 0 Å². The molecule has 0 bridgehead atoms. The average Bonchev–Trinajstić information content (AvgIpc) is 2.90. The Morgan fingerprint density at radius 3 is 2.80 bits per heavy atom. The number of nitrogens with zero attached hydrogens (tertiary/aromatic N) is 1. The molecule has 2 saturated heterocycles. The molecule has 0 saturated carbocycles. The third-order valence-corrected chi connectivity index (χ3v) is 4.37. The van der Waals surface area contributed by atoms with Gasteiger partial charge < -0.3 is 15.4 Å². The highest BCUT2D eigenvalue weighted by Gasteiger charge is 2.40. The number of hydrogen-bond donors (Lipinski definition) is 2. The Bertz CT molecular complexity index is 310. The van der Waals surface area contributed by atoms with Gasteiger partial charge in [-0.05, 0) is 32.7 Å². The lowest BCUT2D eigenvalue weighted by Crippen LogP contribution is -2.57. The van der Waals surface area contributed by atoms with E-state index in [0.717, 1.165) is 65.1 Å². The predicted molar refractivity (Wildman–Crippen MR) is 79.7 cm³/mol. The lowest BCUT2D eigenvalue weighted by molar-refractivity contribution is -0.128. The van der Waals surface area contributed by atoms with Crippen LogP contribution in [-0.4, -0.2) is 61.8 Å². The van der Waals surface area contributed by atoms with Crippen LogP contribution in [0.3, 0.4) is 0 Å². The highest BCUT2D eigenvalue weighted by atomic mass is 16.5. The second-order valence-electron chi connectivity index (χ2n) is 6.15. The minimum absolute atomic E-state index is 0.191. The standard InChI is InChI=1S/C15H29N3O2/c1-3-5-15(6-4-7-16-15)14(19)17-13(2)12-18-8-10-20-11-9-18/h13,16H,3-12H2,1-2H3,(H,17,19). The average molecular weight is 283 g/mol. The van der Waals surface area contributed by atoms with E-state index in [1.165, 1.54) is 0 Å². The van der Waals surface area contributed by atoms with Gasteiger partial charge in [-0.25, -0.2) is 0 Å². The summed E-state index contributed by atoms with van der Waals surface area (Å²) in [5.41, 5.74) is -0.311. The molecule has 0 aliphatic carbocycles. The van der Waals surface area contributed by atoms with Crippen LogP contribution in [0.5, 0.6) is 0 Å². The maximum absolute atomic E-state index is 12.6. The van der Waals surface area contributed by atoms with Crippen molar-refractivity contribution in [2.45, 2.75) is 51.1 Å². The molecule has 1 amide bonds. The molecule has 2 rings (SSSR count). The van der Waals surface area contributed by atoms with E-state index in [0.29, 0.717) is 0 Å². The van der Waals surface area contributed by atoms with E-state index in [2.05, 4.69) is 29.4 Å². The van der Waals surface area contributed by atoms with E-state index in [-0.39, 0.29) is 17.5 Å². The summed E-state index contributed by atoms with van der Waals surface area (Å²) < 4.78 is 5.35. The van der Waals surface area contributed by atoms with Crippen molar-refractivity contribution in [3.63, 3.8) is 0 Å². The minimum atomic E-state index is -0.311. The van der Waals surface area contributed by atoms with Crippen LogP contribution in [0.2, 0.25) is 0 Å². The van der Waals surface area contributed by atoms with Crippen LogP contribution < -0.4 is 10.6 Å². The molecule has 0 aromatic carbocycles. The molecule has 2 fully saturated rings. The van der Waals surface area contributed by atoms with Crippen LogP contribution in [0.4, 0.5) is 0 Å². The fourth-order valence-corrected chi connectivity index (χ4v) is 3.33. The summed E-state index contributed by atoms with van der Waals surface area (Å²) in [5.74, 6) is 0.192. The molecule has 2 unspecified atom stereocenters. The van der Waals surface area contributed by atoms with Gasteiger partial charge in [0.1, 0.15) is 0 Å². The topological polar surface area (TPSA) is 53.6 Å². The van der Waals surface area contributed by atoms with Crippen molar-refractivity contribution >= 4 is 5.91 Å². The Hall–Kier alpha value is -0.650. The van der Waals surface area contributed by atoms with Gasteiger partial charge in [-0.15, -0.1) is 0 Å². The molecule has 20 heavy (non-hydrogen) atoms. The highest BCUT2D eigenvalue weighted by Crippen LogP contribution is 2.25. The van der Waals surface area contributed by atoms with Crippen molar-refractivity contribution in [2.24, 2.45) is 0 Å². The van der Waals surface area contributed by atoms with Crippen molar-refractivity contribution in [1.82, 2.24) is 15.5 Å². The fraction of sp³-hybridized carbons (Fsp3) is 0.933. The second kappa shape index (κ2) is 7.38. The number of ether oxygens (including phenoxy) is 1.